The van der Waals surface area contributed by atoms with E-state index < -0.39 is 0 Å². The van der Waals surface area contributed by atoms with Gasteiger partial charge in [-0.05, 0) is 19.1 Å². The second-order valence-corrected chi connectivity index (χ2v) is 5.19. The number of benzene rings is 1. The molecule has 0 aliphatic heterocycles. The molecule has 1 heterocycles. The van der Waals surface area contributed by atoms with Crippen LogP contribution in [0.3, 0.4) is 0 Å². The molecule has 2 rings (SSSR count). The van der Waals surface area contributed by atoms with Gasteiger partial charge in [-0.2, -0.15) is 0 Å². The molecule has 0 unspecified atom stereocenters. The molecule has 5 nitrogen and oxygen atoms in total. The Morgan fingerprint density at radius 1 is 1.14 bits per heavy atom. The van der Waals surface area contributed by atoms with Crippen molar-refractivity contribution in [1.82, 2.24) is 0 Å². The van der Waals surface area contributed by atoms with Gasteiger partial charge in [0.05, 0.1) is 25.8 Å². The van der Waals surface area contributed by atoms with Gasteiger partial charge in [0.25, 0.3) is 0 Å². The van der Waals surface area contributed by atoms with E-state index in [0.717, 1.165) is 17.9 Å². The van der Waals surface area contributed by atoms with E-state index in [1.807, 2.05) is 42.8 Å². The van der Waals surface area contributed by atoms with Crippen molar-refractivity contribution >= 4 is 0 Å². The van der Waals surface area contributed by atoms with Crippen molar-refractivity contribution in [2.45, 2.75) is 19.9 Å². The summed E-state index contributed by atoms with van der Waals surface area (Å²) in [7, 11) is 1.87. The minimum Gasteiger partial charge on any atom is -0.504 e. The van der Waals surface area contributed by atoms with Gasteiger partial charge in [0.15, 0.2) is 11.4 Å². The summed E-state index contributed by atoms with van der Waals surface area (Å²) >= 11 is 0. The van der Waals surface area contributed by atoms with E-state index in [-0.39, 0.29) is 5.75 Å². The van der Waals surface area contributed by atoms with E-state index in [0.29, 0.717) is 25.5 Å². The van der Waals surface area contributed by atoms with Crippen molar-refractivity contribution in [3.8, 4) is 17.2 Å². The molecule has 0 spiro atoms. The Kier molecular flexibility index (Phi) is 5.61. The van der Waals surface area contributed by atoms with Gasteiger partial charge in [0.2, 0.25) is 11.9 Å². The van der Waals surface area contributed by atoms with Gasteiger partial charge in [0, 0.05) is 6.42 Å². The van der Waals surface area contributed by atoms with Crippen LogP contribution in [0.1, 0.15) is 17.7 Å². The fraction of sp³-hybridized carbons (Fsp3) is 0.353. The highest BCUT2D eigenvalue weighted by Gasteiger charge is 2.13. The van der Waals surface area contributed by atoms with Gasteiger partial charge >= 0.3 is 0 Å². The predicted octanol–water partition coefficient (Wildman–Crippen LogP) is 1.83. The molecule has 5 heteroatoms. The van der Waals surface area contributed by atoms with E-state index in [1.165, 1.54) is 5.56 Å². The lowest BCUT2D eigenvalue weighted by Crippen LogP contribution is -2.34. The molecule has 2 aromatic rings. The maximum atomic E-state index is 9.88. The largest absolute Gasteiger partial charge is 0.504 e. The first-order valence-corrected chi connectivity index (χ1v) is 7.34. The molecule has 1 aromatic heterocycles. The molecular weight excluding hydrogens is 280 g/mol. The van der Waals surface area contributed by atoms with E-state index in [2.05, 4.69) is 0 Å². The third-order valence-corrected chi connectivity index (χ3v) is 3.36. The summed E-state index contributed by atoms with van der Waals surface area (Å²) in [6, 6.07) is 9.56. The molecule has 0 saturated heterocycles. The first-order chi connectivity index (χ1) is 10.6. The number of aromatic hydroxyl groups is 1. The number of aryl methyl sites for hydroxylation is 2. The number of nitrogens with zero attached hydrogens (tertiary/aromatic N) is 1. The second kappa shape index (κ2) is 7.66. The summed E-state index contributed by atoms with van der Waals surface area (Å²) in [6.07, 6.45) is 2.47. The minimum atomic E-state index is 0.109. The van der Waals surface area contributed by atoms with Gasteiger partial charge < -0.3 is 20.3 Å². The maximum Gasteiger partial charge on any atom is 0.225 e. The maximum absolute atomic E-state index is 9.88. The number of hydrogen-bond donors (Lipinski definition) is 2. The Balaban J connectivity index is 1.77. The molecule has 0 bridgehead atoms. The molecular formula is C17H23N2O3+. The topological polar surface area (TPSA) is 68.6 Å². The smallest absolute Gasteiger partial charge is 0.225 e. The van der Waals surface area contributed by atoms with Gasteiger partial charge in [-0.15, -0.1) is 0 Å². The summed E-state index contributed by atoms with van der Waals surface area (Å²) in [5, 5.41) is 9.88. The Labute approximate surface area is 130 Å². The molecule has 0 saturated carbocycles. The third-order valence-electron chi connectivity index (χ3n) is 3.36. The van der Waals surface area contributed by atoms with Crippen LogP contribution in [-0.2, 0) is 13.6 Å². The molecule has 118 valence electrons. The zero-order valence-corrected chi connectivity index (χ0v) is 13.1. The highest BCUT2D eigenvalue weighted by atomic mass is 16.5. The third kappa shape index (κ3) is 4.36. The number of hydrogen-bond acceptors (Lipinski definition) is 4. The number of ether oxygens (including phenoxy) is 2. The number of pyridine rings is 1. The van der Waals surface area contributed by atoms with Gasteiger partial charge in [-0.3, -0.25) is 0 Å². The van der Waals surface area contributed by atoms with E-state index in [1.54, 1.807) is 12.3 Å². The Hall–Kier alpha value is -2.27. The van der Waals surface area contributed by atoms with Crippen LogP contribution >= 0.6 is 0 Å². The van der Waals surface area contributed by atoms with Crippen molar-refractivity contribution in [2.24, 2.45) is 12.8 Å². The summed E-state index contributed by atoms with van der Waals surface area (Å²) in [4.78, 5) is 0. The highest BCUT2D eigenvalue weighted by molar-refractivity contribution is 5.35. The lowest BCUT2D eigenvalue weighted by atomic mass is 10.2. The quantitative estimate of drug-likeness (QED) is 0.605. The van der Waals surface area contributed by atoms with Crippen LogP contribution in [0.25, 0.3) is 0 Å². The SMILES string of the molecule is Cc1ccc(OCCCOc2c[n+](C)c(CN)cc2O)cc1. The van der Waals surface area contributed by atoms with E-state index >= 15 is 0 Å². The minimum absolute atomic E-state index is 0.109. The number of nitrogens with two attached hydrogens (primary N) is 1. The predicted molar refractivity (Wildman–Crippen MR) is 84.0 cm³/mol. The fourth-order valence-corrected chi connectivity index (χ4v) is 2.04. The van der Waals surface area contributed by atoms with Crippen LogP contribution < -0.4 is 19.8 Å². The Bertz CT molecular complexity index is 612. The molecule has 0 atom stereocenters. The van der Waals surface area contributed by atoms with Crippen LogP contribution in [0.2, 0.25) is 0 Å². The first-order valence-electron chi connectivity index (χ1n) is 7.34. The van der Waals surface area contributed by atoms with Gasteiger partial charge in [-0.1, -0.05) is 17.7 Å². The van der Waals surface area contributed by atoms with Crippen LogP contribution in [0.15, 0.2) is 36.5 Å². The molecule has 0 amide bonds. The van der Waals surface area contributed by atoms with E-state index in [9.17, 15) is 5.11 Å². The summed E-state index contributed by atoms with van der Waals surface area (Å²) in [6.45, 7) is 3.45. The molecule has 0 fully saturated rings. The molecule has 0 radical (unpaired) electrons. The van der Waals surface area contributed by atoms with Crippen molar-refractivity contribution < 1.29 is 19.1 Å². The molecule has 3 N–H and O–H groups in total. The van der Waals surface area contributed by atoms with Gasteiger partial charge in [0.1, 0.15) is 12.8 Å². The van der Waals surface area contributed by atoms with E-state index in [4.69, 9.17) is 15.2 Å². The molecule has 0 aliphatic rings. The van der Waals surface area contributed by atoms with Crippen LogP contribution in [0, 0.1) is 6.92 Å². The average Bonchev–Trinajstić information content (AvgIpc) is 2.51. The zero-order valence-electron chi connectivity index (χ0n) is 13.1. The van der Waals surface area contributed by atoms with Crippen LogP contribution in [0.5, 0.6) is 17.2 Å². The molecule has 1 aromatic carbocycles. The van der Waals surface area contributed by atoms with Crippen LogP contribution in [0.4, 0.5) is 0 Å². The molecule has 0 aliphatic carbocycles. The average molecular weight is 303 g/mol. The summed E-state index contributed by atoms with van der Waals surface area (Å²) < 4.78 is 13.1. The lowest BCUT2D eigenvalue weighted by molar-refractivity contribution is -0.679. The Morgan fingerprint density at radius 2 is 1.82 bits per heavy atom. The van der Waals surface area contributed by atoms with Crippen LogP contribution in [-0.4, -0.2) is 18.3 Å². The second-order valence-electron chi connectivity index (χ2n) is 5.19. The first kappa shape index (κ1) is 16.1. The van der Waals surface area contributed by atoms with Gasteiger partial charge in [-0.25, -0.2) is 4.57 Å². The number of aromatic nitrogens is 1. The highest BCUT2D eigenvalue weighted by Crippen LogP contribution is 2.24. The standard InChI is InChI=1S/C17H22N2O3/c1-13-4-6-15(7-5-13)21-8-3-9-22-17-12-19(2)14(11-18)10-16(17)20/h4-7,10,12H,3,8-9,11,18H2,1-2H3/p+1. The van der Waals surface area contributed by atoms with Crippen molar-refractivity contribution in [3.05, 3.63) is 47.8 Å². The lowest BCUT2D eigenvalue weighted by Gasteiger charge is -2.09. The fourth-order valence-electron chi connectivity index (χ4n) is 2.04. The monoisotopic (exact) mass is 303 g/mol. The number of rotatable bonds is 7. The summed E-state index contributed by atoms with van der Waals surface area (Å²) in [5.74, 6) is 1.42. The molecule has 22 heavy (non-hydrogen) atoms. The van der Waals surface area contributed by atoms with Crippen molar-refractivity contribution in [1.29, 1.82) is 0 Å². The zero-order chi connectivity index (χ0) is 15.9. The summed E-state index contributed by atoms with van der Waals surface area (Å²) in [5.41, 5.74) is 7.63. The van der Waals surface area contributed by atoms with Crippen molar-refractivity contribution in [2.75, 3.05) is 13.2 Å². The normalized spacial score (nSPS) is 10.5. The Morgan fingerprint density at radius 3 is 2.50 bits per heavy atom. The van der Waals surface area contributed by atoms with Crippen molar-refractivity contribution in [3.63, 3.8) is 0 Å².